The number of ether oxygens (including phenoxy) is 1. The number of hydrogen-bond donors (Lipinski definition) is 0. The Kier molecular flexibility index (Phi) is 2.72. The molecule has 15 heavy (non-hydrogen) atoms. The van der Waals surface area contributed by atoms with Crippen molar-refractivity contribution in [2.24, 2.45) is 0 Å². The number of nitrogens with zero attached hydrogens (tertiary/aromatic N) is 1. The number of aromatic nitrogens is 1. The summed E-state index contributed by atoms with van der Waals surface area (Å²) in [5.74, 6) is 1.12. The molecule has 78 valence electrons. The fraction of sp³-hybridized carbons (Fsp3) is 0.250. The van der Waals surface area contributed by atoms with Gasteiger partial charge in [0, 0.05) is 12.5 Å². The fourth-order valence-corrected chi connectivity index (χ4v) is 1.42. The van der Waals surface area contributed by atoms with Crippen LogP contribution in [0.4, 0.5) is 0 Å². The Balaban J connectivity index is 2.43. The number of hydrogen-bond acceptors (Lipinski definition) is 3. The van der Waals surface area contributed by atoms with Crippen molar-refractivity contribution in [3.05, 3.63) is 36.2 Å². The SMILES string of the molecule is CCOc1oc(C)nc1-c1ccccc1. The molecule has 0 radical (unpaired) electrons. The van der Waals surface area contributed by atoms with Crippen LogP contribution in [0.25, 0.3) is 11.3 Å². The van der Waals surface area contributed by atoms with E-state index < -0.39 is 0 Å². The summed E-state index contributed by atoms with van der Waals surface area (Å²) in [6.45, 7) is 4.32. The van der Waals surface area contributed by atoms with Crippen LogP contribution in [0.15, 0.2) is 34.7 Å². The Morgan fingerprint density at radius 2 is 2.00 bits per heavy atom. The molecule has 3 heteroatoms. The number of benzene rings is 1. The molecule has 1 aromatic carbocycles. The Bertz CT molecular complexity index is 434. The number of oxazole rings is 1. The zero-order valence-corrected chi connectivity index (χ0v) is 8.86. The van der Waals surface area contributed by atoms with Gasteiger partial charge in [0.25, 0.3) is 0 Å². The van der Waals surface area contributed by atoms with Crippen molar-refractivity contribution >= 4 is 0 Å². The van der Waals surface area contributed by atoms with Gasteiger partial charge in [-0.15, -0.1) is 0 Å². The molecule has 2 aromatic rings. The summed E-state index contributed by atoms with van der Waals surface area (Å²) in [5, 5.41) is 0. The summed E-state index contributed by atoms with van der Waals surface area (Å²) >= 11 is 0. The van der Waals surface area contributed by atoms with Crippen molar-refractivity contribution in [3.63, 3.8) is 0 Å². The molecule has 0 aliphatic heterocycles. The lowest BCUT2D eigenvalue weighted by Crippen LogP contribution is -1.91. The Hall–Kier alpha value is -1.77. The van der Waals surface area contributed by atoms with Crippen molar-refractivity contribution in [2.45, 2.75) is 13.8 Å². The standard InChI is InChI=1S/C12H13NO2/c1-3-14-12-11(13-9(2)15-12)10-7-5-4-6-8-10/h4-8H,3H2,1-2H3. The summed E-state index contributed by atoms with van der Waals surface area (Å²) in [6.07, 6.45) is 0. The maximum atomic E-state index is 5.38. The molecule has 0 aliphatic carbocycles. The van der Waals surface area contributed by atoms with E-state index in [4.69, 9.17) is 9.15 Å². The minimum atomic E-state index is 0.501. The first kappa shape index (κ1) is 9.77. The van der Waals surface area contributed by atoms with Crippen LogP contribution in [0.1, 0.15) is 12.8 Å². The summed E-state index contributed by atoms with van der Waals surface area (Å²) in [4.78, 5) is 4.31. The maximum absolute atomic E-state index is 5.38. The molecule has 1 aromatic heterocycles. The Labute approximate surface area is 88.7 Å². The van der Waals surface area contributed by atoms with Gasteiger partial charge in [-0.3, -0.25) is 0 Å². The van der Waals surface area contributed by atoms with Crippen LogP contribution in [-0.2, 0) is 0 Å². The lowest BCUT2D eigenvalue weighted by atomic mass is 10.2. The van der Waals surface area contributed by atoms with Crippen LogP contribution < -0.4 is 4.74 Å². The van der Waals surface area contributed by atoms with E-state index in [1.54, 1.807) is 0 Å². The summed E-state index contributed by atoms with van der Waals surface area (Å²) in [5.41, 5.74) is 1.78. The average Bonchev–Trinajstić information content (AvgIpc) is 2.62. The predicted octanol–water partition coefficient (Wildman–Crippen LogP) is 3.05. The first-order chi connectivity index (χ1) is 7.31. The second-order valence-electron chi connectivity index (χ2n) is 3.17. The molecular formula is C12H13NO2. The van der Waals surface area contributed by atoms with Crippen LogP contribution in [0.5, 0.6) is 5.95 Å². The molecule has 0 bridgehead atoms. The minimum Gasteiger partial charge on any atom is -0.464 e. The smallest absolute Gasteiger partial charge is 0.313 e. The Morgan fingerprint density at radius 3 is 2.67 bits per heavy atom. The molecule has 2 rings (SSSR count). The van der Waals surface area contributed by atoms with E-state index in [9.17, 15) is 0 Å². The number of aryl methyl sites for hydroxylation is 1. The van der Waals surface area contributed by atoms with Crippen molar-refractivity contribution in [1.82, 2.24) is 4.98 Å². The van der Waals surface area contributed by atoms with E-state index in [-0.39, 0.29) is 0 Å². The number of rotatable bonds is 3. The van der Waals surface area contributed by atoms with Gasteiger partial charge in [-0.05, 0) is 6.92 Å². The molecule has 0 saturated carbocycles. The largest absolute Gasteiger partial charge is 0.464 e. The highest BCUT2D eigenvalue weighted by molar-refractivity contribution is 5.63. The van der Waals surface area contributed by atoms with E-state index in [1.807, 2.05) is 44.2 Å². The first-order valence-electron chi connectivity index (χ1n) is 4.97. The third-order valence-corrected chi connectivity index (χ3v) is 2.03. The maximum Gasteiger partial charge on any atom is 0.313 e. The van der Waals surface area contributed by atoms with Crippen LogP contribution >= 0.6 is 0 Å². The van der Waals surface area contributed by atoms with E-state index in [1.165, 1.54) is 0 Å². The third-order valence-electron chi connectivity index (χ3n) is 2.03. The van der Waals surface area contributed by atoms with Crippen LogP contribution in [0, 0.1) is 6.92 Å². The lowest BCUT2D eigenvalue weighted by Gasteiger charge is -2.00. The highest BCUT2D eigenvalue weighted by atomic mass is 16.6. The van der Waals surface area contributed by atoms with Crippen LogP contribution in [0.3, 0.4) is 0 Å². The van der Waals surface area contributed by atoms with Crippen molar-refractivity contribution < 1.29 is 9.15 Å². The fourth-order valence-electron chi connectivity index (χ4n) is 1.42. The first-order valence-corrected chi connectivity index (χ1v) is 4.97. The molecule has 0 unspecified atom stereocenters. The van der Waals surface area contributed by atoms with E-state index in [0.29, 0.717) is 18.4 Å². The molecular weight excluding hydrogens is 190 g/mol. The van der Waals surface area contributed by atoms with Gasteiger partial charge < -0.3 is 9.15 Å². The monoisotopic (exact) mass is 203 g/mol. The second-order valence-corrected chi connectivity index (χ2v) is 3.17. The molecule has 0 saturated heterocycles. The summed E-state index contributed by atoms with van der Waals surface area (Å²) in [6, 6.07) is 9.88. The van der Waals surface area contributed by atoms with Gasteiger partial charge in [0.2, 0.25) is 0 Å². The molecule has 0 fully saturated rings. The van der Waals surface area contributed by atoms with Gasteiger partial charge in [0.05, 0.1) is 6.61 Å². The minimum absolute atomic E-state index is 0.501. The molecule has 0 amide bonds. The zero-order valence-electron chi connectivity index (χ0n) is 8.86. The summed E-state index contributed by atoms with van der Waals surface area (Å²) in [7, 11) is 0. The topological polar surface area (TPSA) is 35.3 Å². The molecule has 0 aliphatic rings. The van der Waals surface area contributed by atoms with Crippen molar-refractivity contribution in [1.29, 1.82) is 0 Å². The van der Waals surface area contributed by atoms with Crippen LogP contribution in [-0.4, -0.2) is 11.6 Å². The lowest BCUT2D eigenvalue weighted by molar-refractivity contribution is 0.254. The van der Waals surface area contributed by atoms with Gasteiger partial charge in [0.15, 0.2) is 11.6 Å². The van der Waals surface area contributed by atoms with Gasteiger partial charge in [-0.25, -0.2) is 4.98 Å². The average molecular weight is 203 g/mol. The van der Waals surface area contributed by atoms with Gasteiger partial charge in [-0.1, -0.05) is 30.3 Å². The summed E-state index contributed by atoms with van der Waals surface area (Å²) < 4.78 is 10.8. The van der Waals surface area contributed by atoms with Crippen LogP contribution in [0.2, 0.25) is 0 Å². The predicted molar refractivity (Wildman–Crippen MR) is 57.8 cm³/mol. The van der Waals surface area contributed by atoms with E-state index in [0.717, 1.165) is 11.3 Å². The van der Waals surface area contributed by atoms with Crippen molar-refractivity contribution in [3.8, 4) is 17.2 Å². The van der Waals surface area contributed by atoms with E-state index in [2.05, 4.69) is 4.98 Å². The molecule has 1 heterocycles. The van der Waals surface area contributed by atoms with E-state index >= 15 is 0 Å². The highest BCUT2D eigenvalue weighted by Crippen LogP contribution is 2.29. The van der Waals surface area contributed by atoms with Crippen molar-refractivity contribution in [2.75, 3.05) is 6.61 Å². The molecule has 0 atom stereocenters. The molecule has 0 spiro atoms. The molecule has 0 N–H and O–H groups in total. The Morgan fingerprint density at radius 1 is 1.27 bits per heavy atom. The second kappa shape index (κ2) is 4.17. The molecule has 3 nitrogen and oxygen atoms in total. The van der Waals surface area contributed by atoms with Gasteiger partial charge in [0.1, 0.15) is 0 Å². The van der Waals surface area contributed by atoms with Gasteiger partial charge >= 0.3 is 5.95 Å². The quantitative estimate of drug-likeness (QED) is 0.769. The highest BCUT2D eigenvalue weighted by Gasteiger charge is 2.13. The van der Waals surface area contributed by atoms with Gasteiger partial charge in [-0.2, -0.15) is 0 Å². The third kappa shape index (κ3) is 2.01. The normalized spacial score (nSPS) is 10.3. The zero-order chi connectivity index (χ0) is 10.7.